The largest absolute Gasteiger partial charge is 0.327 e. The molecule has 1 aliphatic rings. The molecule has 0 radical (unpaired) electrons. The lowest BCUT2D eigenvalue weighted by Crippen LogP contribution is -2.28. The summed E-state index contributed by atoms with van der Waals surface area (Å²) in [6, 6.07) is 5.70. The van der Waals surface area contributed by atoms with Crippen molar-refractivity contribution in [3.05, 3.63) is 24.0 Å². The summed E-state index contributed by atoms with van der Waals surface area (Å²) in [4.78, 5) is 4.97. The quantitative estimate of drug-likeness (QED) is 0.735. The minimum absolute atomic E-state index is 0.0308. The summed E-state index contributed by atoms with van der Waals surface area (Å²) >= 11 is 0. The molecule has 0 spiro atoms. The predicted octanol–water partition coefficient (Wildman–Crippen LogP) is 4.52. The smallest absolute Gasteiger partial charge is 0.301 e. The van der Waals surface area contributed by atoms with Gasteiger partial charge in [0.1, 0.15) is 5.82 Å². The third-order valence-electron chi connectivity index (χ3n) is 6.13. The molecule has 1 saturated carbocycles. The van der Waals surface area contributed by atoms with Gasteiger partial charge in [-0.15, -0.1) is 0 Å². The fourth-order valence-electron chi connectivity index (χ4n) is 3.92. The minimum Gasteiger partial charge on any atom is -0.327 e. The average Bonchev–Trinajstić information content (AvgIpc) is 3.00. The number of fused-ring (bicyclic) bond motifs is 1. The van der Waals surface area contributed by atoms with E-state index in [9.17, 15) is 8.42 Å². The third-order valence-corrected chi connectivity index (χ3v) is 7.59. The van der Waals surface area contributed by atoms with Crippen molar-refractivity contribution >= 4 is 26.9 Å². The highest BCUT2D eigenvalue weighted by Crippen LogP contribution is 2.33. The van der Waals surface area contributed by atoms with E-state index in [2.05, 4.69) is 30.1 Å². The summed E-state index contributed by atoms with van der Waals surface area (Å²) in [5.74, 6) is 1.80. The Kier molecular flexibility index (Phi) is 6.05. The van der Waals surface area contributed by atoms with Crippen molar-refractivity contribution in [1.82, 2.24) is 13.9 Å². The Morgan fingerprint density at radius 1 is 1.21 bits per heavy atom. The van der Waals surface area contributed by atoms with E-state index in [0.717, 1.165) is 29.8 Å². The lowest BCUT2D eigenvalue weighted by Gasteiger charge is -2.27. The number of hydrogen-bond acceptors (Lipinski definition) is 3. The van der Waals surface area contributed by atoms with Gasteiger partial charge in [-0.25, -0.2) is 4.98 Å². The van der Waals surface area contributed by atoms with E-state index in [1.807, 2.05) is 18.2 Å². The number of benzene rings is 1. The second-order valence-corrected chi connectivity index (χ2v) is 10.8. The molecule has 1 N–H and O–H groups in total. The highest BCUT2D eigenvalue weighted by molar-refractivity contribution is 7.90. The molecule has 28 heavy (non-hydrogen) atoms. The predicted molar refractivity (Wildman–Crippen MR) is 116 cm³/mol. The molecule has 1 aromatic heterocycles. The Labute approximate surface area is 169 Å². The molecule has 156 valence electrons. The number of nitrogens with one attached hydrogen (secondary N) is 1. The van der Waals surface area contributed by atoms with E-state index in [0.29, 0.717) is 11.6 Å². The van der Waals surface area contributed by atoms with E-state index >= 15 is 0 Å². The maximum absolute atomic E-state index is 12.2. The summed E-state index contributed by atoms with van der Waals surface area (Å²) in [6.07, 6.45) is 7.56. The highest BCUT2D eigenvalue weighted by atomic mass is 32.2. The summed E-state index contributed by atoms with van der Waals surface area (Å²) in [5.41, 5.74) is 2.46. The van der Waals surface area contributed by atoms with E-state index in [-0.39, 0.29) is 5.41 Å². The number of aromatic nitrogens is 2. The van der Waals surface area contributed by atoms with Gasteiger partial charge in [0.05, 0.1) is 16.7 Å². The maximum atomic E-state index is 12.2. The van der Waals surface area contributed by atoms with E-state index in [4.69, 9.17) is 4.98 Å². The van der Waals surface area contributed by atoms with Crippen LogP contribution in [-0.4, -0.2) is 36.4 Å². The van der Waals surface area contributed by atoms with Crippen LogP contribution < -0.4 is 4.72 Å². The number of nitrogens with zero attached hydrogens (tertiary/aromatic N) is 3. The summed E-state index contributed by atoms with van der Waals surface area (Å²) in [5, 5.41) is 0. The van der Waals surface area contributed by atoms with Crippen LogP contribution in [0.2, 0.25) is 0 Å². The number of anilines is 1. The Morgan fingerprint density at radius 3 is 2.50 bits per heavy atom. The van der Waals surface area contributed by atoms with Crippen molar-refractivity contribution in [3.8, 4) is 0 Å². The zero-order chi connectivity index (χ0) is 20.5. The molecule has 3 rings (SSSR count). The van der Waals surface area contributed by atoms with E-state index in [1.165, 1.54) is 50.5 Å². The molecule has 1 aromatic carbocycles. The fourth-order valence-corrected chi connectivity index (χ4v) is 4.53. The number of hydrogen-bond donors (Lipinski definition) is 1. The Balaban J connectivity index is 2.02. The van der Waals surface area contributed by atoms with Crippen molar-refractivity contribution < 1.29 is 8.42 Å². The van der Waals surface area contributed by atoms with Gasteiger partial charge in [0, 0.05) is 26.1 Å². The Bertz CT molecular complexity index is 925. The van der Waals surface area contributed by atoms with Gasteiger partial charge in [-0.1, -0.05) is 40.0 Å². The molecule has 1 aliphatic carbocycles. The third kappa shape index (κ3) is 4.35. The van der Waals surface area contributed by atoms with Gasteiger partial charge in [0.25, 0.3) is 0 Å². The van der Waals surface area contributed by atoms with Crippen LogP contribution in [-0.2, 0) is 22.2 Å². The van der Waals surface area contributed by atoms with Gasteiger partial charge in [0.2, 0.25) is 0 Å². The Hall–Kier alpha value is -1.60. The van der Waals surface area contributed by atoms with Crippen LogP contribution in [0.5, 0.6) is 0 Å². The first-order valence-electron chi connectivity index (χ1n) is 10.3. The monoisotopic (exact) mass is 406 g/mol. The van der Waals surface area contributed by atoms with Gasteiger partial charge in [-0.3, -0.25) is 4.72 Å². The zero-order valence-electron chi connectivity index (χ0n) is 17.8. The summed E-state index contributed by atoms with van der Waals surface area (Å²) in [6.45, 7) is 7.67. The molecule has 1 heterocycles. The zero-order valence-corrected chi connectivity index (χ0v) is 18.6. The van der Waals surface area contributed by atoms with Crippen molar-refractivity contribution in [2.24, 2.45) is 5.92 Å². The second kappa shape index (κ2) is 8.03. The van der Waals surface area contributed by atoms with Gasteiger partial charge < -0.3 is 4.57 Å². The molecule has 7 heteroatoms. The molecule has 0 amide bonds. The Morgan fingerprint density at radius 2 is 1.89 bits per heavy atom. The van der Waals surface area contributed by atoms with Crippen LogP contribution >= 0.6 is 0 Å². The SMILES string of the molecule is CCC(C)(C)c1nc2cc(NS(=O)(=O)N(C)C)ccc2n1CC1CCCCC1. The van der Waals surface area contributed by atoms with Gasteiger partial charge in [-0.2, -0.15) is 12.7 Å². The first-order chi connectivity index (χ1) is 13.1. The molecule has 1 fully saturated rings. The van der Waals surface area contributed by atoms with Gasteiger partial charge in [-0.05, 0) is 43.4 Å². The minimum atomic E-state index is -3.53. The van der Waals surface area contributed by atoms with Crippen molar-refractivity contribution in [1.29, 1.82) is 0 Å². The van der Waals surface area contributed by atoms with Crippen LogP contribution in [0, 0.1) is 5.92 Å². The number of rotatable bonds is 7. The number of imidazole rings is 1. The van der Waals surface area contributed by atoms with E-state index < -0.39 is 10.2 Å². The molecular weight excluding hydrogens is 372 g/mol. The molecule has 0 atom stereocenters. The van der Waals surface area contributed by atoms with Crippen molar-refractivity contribution in [2.75, 3.05) is 18.8 Å². The van der Waals surface area contributed by atoms with E-state index in [1.54, 1.807) is 0 Å². The van der Waals surface area contributed by atoms with Gasteiger partial charge in [0.15, 0.2) is 0 Å². The average molecular weight is 407 g/mol. The molecule has 0 aliphatic heterocycles. The second-order valence-electron chi connectivity index (χ2n) is 8.88. The molecule has 2 aromatic rings. The molecule has 0 saturated heterocycles. The lowest BCUT2D eigenvalue weighted by molar-refractivity contribution is 0.310. The highest BCUT2D eigenvalue weighted by Gasteiger charge is 2.28. The molecule has 0 unspecified atom stereocenters. The van der Waals surface area contributed by atoms with Crippen LogP contribution in [0.4, 0.5) is 5.69 Å². The normalized spacial score (nSPS) is 16.8. The first kappa shape index (κ1) is 21.1. The molecular formula is C21H34N4O2S. The van der Waals surface area contributed by atoms with Gasteiger partial charge >= 0.3 is 10.2 Å². The lowest BCUT2D eigenvalue weighted by atomic mass is 9.87. The fraction of sp³-hybridized carbons (Fsp3) is 0.667. The van der Waals surface area contributed by atoms with Crippen molar-refractivity contribution in [3.63, 3.8) is 0 Å². The summed E-state index contributed by atoms with van der Waals surface area (Å²) < 4.78 is 30.5. The first-order valence-corrected chi connectivity index (χ1v) is 11.8. The van der Waals surface area contributed by atoms with Crippen LogP contribution in [0.15, 0.2) is 18.2 Å². The van der Waals surface area contributed by atoms with Crippen LogP contribution in [0.3, 0.4) is 0 Å². The maximum Gasteiger partial charge on any atom is 0.301 e. The topological polar surface area (TPSA) is 67.2 Å². The van der Waals surface area contributed by atoms with Crippen LogP contribution in [0.1, 0.15) is 65.1 Å². The molecule has 0 bridgehead atoms. The van der Waals surface area contributed by atoms with Crippen LogP contribution in [0.25, 0.3) is 11.0 Å². The standard InChI is InChI=1S/C21H34N4O2S/c1-6-21(2,3)20-22-18-14-17(23-28(26,27)24(4)5)12-13-19(18)25(20)15-16-10-8-7-9-11-16/h12-14,16,23H,6-11,15H2,1-5H3. The molecule has 6 nitrogen and oxygen atoms in total. The summed E-state index contributed by atoms with van der Waals surface area (Å²) in [7, 11) is -0.499. The van der Waals surface area contributed by atoms with Crippen molar-refractivity contribution in [2.45, 2.75) is 71.3 Å².